The second kappa shape index (κ2) is 6.91. The summed E-state index contributed by atoms with van der Waals surface area (Å²) in [5.41, 5.74) is 2.24. The van der Waals surface area contributed by atoms with Gasteiger partial charge in [0.1, 0.15) is 5.60 Å². The van der Waals surface area contributed by atoms with Gasteiger partial charge in [-0.1, -0.05) is 22.0 Å². The summed E-state index contributed by atoms with van der Waals surface area (Å²) in [6.07, 6.45) is 0.0552. The topological polar surface area (TPSA) is 58.6 Å². The molecule has 126 valence electrons. The van der Waals surface area contributed by atoms with Gasteiger partial charge in [-0.3, -0.25) is 10.1 Å². The van der Waals surface area contributed by atoms with E-state index in [1.807, 2.05) is 50.8 Å². The summed E-state index contributed by atoms with van der Waals surface area (Å²) < 4.78 is 5.26. The Kier molecular flexibility index (Phi) is 5.34. The molecule has 23 heavy (non-hydrogen) atoms. The molecule has 0 bridgehead atoms. The highest BCUT2D eigenvalue weighted by molar-refractivity contribution is 9.09. The van der Waals surface area contributed by atoms with E-state index in [4.69, 9.17) is 4.74 Å². The maximum Gasteiger partial charge on any atom is 0.412 e. The highest BCUT2D eigenvalue weighted by Gasteiger charge is 2.27. The van der Waals surface area contributed by atoms with Gasteiger partial charge in [0, 0.05) is 30.0 Å². The summed E-state index contributed by atoms with van der Waals surface area (Å²) in [7, 11) is 0. The molecule has 1 aliphatic rings. The van der Waals surface area contributed by atoms with Crippen LogP contribution in [0.25, 0.3) is 0 Å². The molecule has 5 nitrogen and oxygen atoms in total. The average Bonchev–Trinajstić information content (AvgIpc) is 2.69. The fourth-order valence-corrected chi connectivity index (χ4v) is 3.05. The molecule has 0 aliphatic carbocycles. The minimum atomic E-state index is -0.537. The molecule has 1 atom stereocenters. The van der Waals surface area contributed by atoms with Crippen LogP contribution in [0.4, 0.5) is 10.5 Å². The third kappa shape index (κ3) is 5.23. The van der Waals surface area contributed by atoms with Crippen LogP contribution < -0.4 is 5.32 Å². The molecule has 0 radical (unpaired) electrons. The van der Waals surface area contributed by atoms with E-state index in [-0.39, 0.29) is 10.7 Å². The SMILES string of the molecule is Cc1ccc(NC(=O)OC(C)(C)C)cc1CN1CC(Br)CC1=O. The molecule has 1 saturated heterocycles. The van der Waals surface area contributed by atoms with E-state index in [9.17, 15) is 9.59 Å². The number of carbonyl (C=O) groups excluding carboxylic acids is 2. The van der Waals surface area contributed by atoms with Crippen molar-refractivity contribution in [1.82, 2.24) is 4.90 Å². The standard InChI is InChI=1S/C17H23BrN2O3/c1-11-5-6-14(19-16(22)23-17(2,3)4)7-12(11)9-20-10-13(18)8-15(20)21/h5-7,13H,8-10H2,1-4H3,(H,19,22). The van der Waals surface area contributed by atoms with E-state index in [2.05, 4.69) is 21.2 Å². The lowest BCUT2D eigenvalue weighted by molar-refractivity contribution is -0.128. The van der Waals surface area contributed by atoms with E-state index in [0.29, 0.717) is 25.2 Å². The Balaban J connectivity index is 2.07. The number of carbonyl (C=O) groups is 2. The third-order valence-electron chi connectivity index (χ3n) is 3.52. The number of rotatable bonds is 3. The van der Waals surface area contributed by atoms with E-state index in [1.165, 1.54) is 0 Å². The number of nitrogens with zero attached hydrogens (tertiary/aromatic N) is 1. The van der Waals surface area contributed by atoms with Gasteiger partial charge in [-0.05, 0) is 51.0 Å². The molecule has 1 unspecified atom stereocenters. The molecule has 1 aromatic rings. The van der Waals surface area contributed by atoms with Crippen molar-refractivity contribution in [3.8, 4) is 0 Å². The van der Waals surface area contributed by atoms with Gasteiger partial charge in [0.15, 0.2) is 0 Å². The summed E-state index contributed by atoms with van der Waals surface area (Å²) in [5.74, 6) is 0.150. The van der Waals surface area contributed by atoms with Crippen LogP contribution in [0.3, 0.4) is 0 Å². The monoisotopic (exact) mass is 382 g/mol. The summed E-state index contributed by atoms with van der Waals surface area (Å²) in [6, 6.07) is 5.67. The van der Waals surface area contributed by atoms with Gasteiger partial charge in [0.2, 0.25) is 5.91 Å². The highest BCUT2D eigenvalue weighted by atomic mass is 79.9. The van der Waals surface area contributed by atoms with Crippen molar-refractivity contribution < 1.29 is 14.3 Å². The predicted molar refractivity (Wildman–Crippen MR) is 93.8 cm³/mol. The Morgan fingerprint density at radius 2 is 2.13 bits per heavy atom. The van der Waals surface area contributed by atoms with Crippen molar-refractivity contribution in [1.29, 1.82) is 0 Å². The number of aryl methyl sites for hydroxylation is 1. The van der Waals surface area contributed by atoms with Crippen LogP contribution in [-0.2, 0) is 16.1 Å². The number of alkyl halides is 1. The molecular formula is C17H23BrN2O3. The summed E-state index contributed by atoms with van der Waals surface area (Å²) in [6.45, 7) is 8.73. The van der Waals surface area contributed by atoms with Gasteiger partial charge in [-0.15, -0.1) is 0 Å². The third-order valence-corrected chi connectivity index (χ3v) is 4.14. The minimum Gasteiger partial charge on any atom is -0.444 e. The lowest BCUT2D eigenvalue weighted by Crippen LogP contribution is -2.27. The number of likely N-dealkylation sites (tertiary alicyclic amines) is 1. The van der Waals surface area contributed by atoms with Crippen molar-refractivity contribution in [2.45, 2.75) is 51.1 Å². The predicted octanol–water partition coefficient (Wildman–Crippen LogP) is 3.84. The van der Waals surface area contributed by atoms with Gasteiger partial charge in [0.25, 0.3) is 0 Å². The molecule has 1 aromatic carbocycles. The Bertz CT molecular complexity index is 610. The molecular weight excluding hydrogens is 360 g/mol. The number of nitrogens with one attached hydrogen (secondary N) is 1. The molecule has 6 heteroatoms. The molecule has 1 aliphatic heterocycles. The van der Waals surface area contributed by atoms with Crippen LogP contribution in [0.15, 0.2) is 18.2 Å². The van der Waals surface area contributed by atoms with Crippen LogP contribution >= 0.6 is 15.9 Å². The summed E-state index contributed by atoms with van der Waals surface area (Å²) in [4.78, 5) is 25.8. The Hall–Kier alpha value is -1.56. The van der Waals surface area contributed by atoms with Crippen LogP contribution in [0.2, 0.25) is 0 Å². The first-order valence-corrected chi connectivity index (χ1v) is 8.57. The fourth-order valence-electron chi connectivity index (χ4n) is 2.42. The highest BCUT2D eigenvalue weighted by Crippen LogP contribution is 2.23. The lowest BCUT2D eigenvalue weighted by Gasteiger charge is -2.21. The van der Waals surface area contributed by atoms with Crippen LogP contribution in [0.5, 0.6) is 0 Å². The van der Waals surface area contributed by atoms with Gasteiger partial charge >= 0.3 is 6.09 Å². The number of hydrogen-bond acceptors (Lipinski definition) is 3. The first-order valence-electron chi connectivity index (χ1n) is 7.65. The Morgan fingerprint density at radius 1 is 1.43 bits per heavy atom. The Morgan fingerprint density at radius 3 is 2.70 bits per heavy atom. The van der Waals surface area contributed by atoms with E-state index in [1.54, 1.807) is 0 Å². The first kappa shape index (κ1) is 17.8. The number of amides is 2. The van der Waals surface area contributed by atoms with Gasteiger partial charge in [-0.25, -0.2) is 4.79 Å². The first-order chi connectivity index (χ1) is 10.6. The number of anilines is 1. The van der Waals surface area contributed by atoms with Gasteiger partial charge < -0.3 is 9.64 Å². The zero-order chi connectivity index (χ0) is 17.2. The van der Waals surface area contributed by atoms with E-state index < -0.39 is 11.7 Å². The smallest absolute Gasteiger partial charge is 0.412 e. The van der Waals surface area contributed by atoms with Crippen molar-refractivity contribution in [3.63, 3.8) is 0 Å². The zero-order valence-electron chi connectivity index (χ0n) is 14.0. The number of hydrogen-bond donors (Lipinski definition) is 1. The van der Waals surface area contributed by atoms with Crippen molar-refractivity contribution in [2.75, 3.05) is 11.9 Å². The van der Waals surface area contributed by atoms with Crippen molar-refractivity contribution >= 4 is 33.6 Å². The maximum absolute atomic E-state index is 11.9. The van der Waals surface area contributed by atoms with E-state index >= 15 is 0 Å². The zero-order valence-corrected chi connectivity index (χ0v) is 15.6. The van der Waals surface area contributed by atoms with Crippen molar-refractivity contribution in [3.05, 3.63) is 29.3 Å². The lowest BCUT2D eigenvalue weighted by atomic mass is 10.1. The second-order valence-corrected chi connectivity index (χ2v) is 8.14. The quantitative estimate of drug-likeness (QED) is 0.807. The molecule has 0 spiro atoms. The molecule has 1 fully saturated rings. The van der Waals surface area contributed by atoms with Gasteiger partial charge in [-0.2, -0.15) is 0 Å². The molecule has 2 amide bonds. The minimum absolute atomic E-state index is 0.150. The molecule has 1 N–H and O–H groups in total. The van der Waals surface area contributed by atoms with Crippen LogP contribution in [0, 0.1) is 6.92 Å². The normalized spacial score (nSPS) is 18.2. The summed E-state index contributed by atoms with van der Waals surface area (Å²) in [5, 5.41) is 2.74. The van der Waals surface area contributed by atoms with Gasteiger partial charge in [0.05, 0.1) is 0 Å². The summed E-state index contributed by atoms with van der Waals surface area (Å²) >= 11 is 3.49. The largest absolute Gasteiger partial charge is 0.444 e. The molecule has 1 heterocycles. The number of halogens is 1. The number of ether oxygens (including phenoxy) is 1. The molecule has 0 aromatic heterocycles. The van der Waals surface area contributed by atoms with Crippen molar-refractivity contribution in [2.24, 2.45) is 0 Å². The van der Waals surface area contributed by atoms with Crippen LogP contribution in [0.1, 0.15) is 38.3 Å². The van der Waals surface area contributed by atoms with Crippen LogP contribution in [-0.4, -0.2) is 33.9 Å². The number of benzene rings is 1. The maximum atomic E-state index is 11.9. The van der Waals surface area contributed by atoms with E-state index in [0.717, 1.165) is 11.1 Å². The average molecular weight is 383 g/mol. The molecule has 0 saturated carbocycles. The molecule has 2 rings (SSSR count). The second-order valence-electron chi connectivity index (χ2n) is 6.84. The fraction of sp³-hybridized carbons (Fsp3) is 0.529. The Labute approximate surface area is 145 Å².